The minimum atomic E-state index is 0.191. The monoisotopic (exact) mass is 224 g/mol. The van der Waals surface area contributed by atoms with Gasteiger partial charge in [-0.2, -0.15) is 0 Å². The van der Waals surface area contributed by atoms with Crippen LogP contribution in [0.25, 0.3) is 0 Å². The number of nitrogens with zero attached hydrogens (tertiary/aromatic N) is 1. The van der Waals surface area contributed by atoms with E-state index in [-0.39, 0.29) is 6.04 Å². The van der Waals surface area contributed by atoms with Crippen molar-refractivity contribution < 1.29 is 4.79 Å². The molecule has 1 aliphatic carbocycles. The van der Waals surface area contributed by atoms with Crippen molar-refractivity contribution >= 4 is 5.91 Å². The Morgan fingerprint density at radius 1 is 1.19 bits per heavy atom. The number of likely N-dealkylation sites (tertiary alicyclic amines) is 1. The van der Waals surface area contributed by atoms with Gasteiger partial charge in [-0.05, 0) is 25.2 Å². The fourth-order valence-electron chi connectivity index (χ4n) is 3.19. The summed E-state index contributed by atoms with van der Waals surface area (Å²) in [4.78, 5) is 14.3. The molecule has 0 bridgehead atoms. The fourth-order valence-corrected chi connectivity index (χ4v) is 3.19. The van der Waals surface area contributed by atoms with Crippen LogP contribution in [-0.2, 0) is 4.79 Å². The first-order valence-electron chi connectivity index (χ1n) is 6.71. The van der Waals surface area contributed by atoms with Gasteiger partial charge in [0.2, 0.25) is 5.91 Å². The van der Waals surface area contributed by atoms with E-state index < -0.39 is 0 Å². The van der Waals surface area contributed by atoms with Crippen LogP contribution in [0, 0.1) is 11.8 Å². The smallest absolute Gasteiger partial charge is 0.225 e. The van der Waals surface area contributed by atoms with Crippen LogP contribution in [0.4, 0.5) is 0 Å². The number of hydrogen-bond donors (Lipinski definition) is 1. The molecular weight excluding hydrogens is 200 g/mol. The van der Waals surface area contributed by atoms with Gasteiger partial charge in [0.1, 0.15) is 0 Å². The third-order valence-corrected chi connectivity index (χ3v) is 3.96. The molecule has 0 aromatic carbocycles. The maximum atomic E-state index is 12.3. The molecular formula is C13H24N2O. The number of piperidine rings is 1. The quantitative estimate of drug-likeness (QED) is 0.737. The van der Waals surface area contributed by atoms with Crippen LogP contribution in [0.5, 0.6) is 0 Å². The standard InChI is InChI=1S/C13H24N2O/c1-10-7-12(14)9-15(8-10)13(16)11-5-3-2-4-6-11/h10-12H,2-9,14H2,1H3. The summed E-state index contributed by atoms with van der Waals surface area (Å²) in [5, 5.41) is 0. The summed E-state index contributed by atoms with van der Waals surface area (Å²) in [6.07, 6.45) is 7.02. The lowest BCUT2D eigenvalue weighted by atomic mass is 9.87. The van der Waals surface area contributed by atoms with E-state index >= 15 is 0 Å². The lowest BCUT2D eigenvalue weighted by molar-refractivity contribution is -0.138. The van der Waals surface area contributed by atoms with Crippen LogP contribution >= 0.6 is 0 Å². The van der Waals surface area contributed by atoms with Gasteiger partial charge in [-0.1, -0.05) is 26.2 Å². The summed E-state index contributed by atoms with van der Waals surface area (Å²) in [5.41, 5.74) is 5.99. The molecule has 1 aliphatic heterocycles. The predicted octanol–water partition coefficient (Wildman–Crippen LogP) is 1.76. The summed E-state index contributed by atoms with van der Waals surface area (Å²) in [6.45, 7) is 3.89. The predicted molar refractivity (Wildman–Crippen MR) is 64.9 cm³/mol. The van der Waals surface area contributed by atoms with Gasteiger partial charge in [0, 0.05) is 25.0 Å². The second kappa shape index (κ2) is 5.17. The van der Waals surface area contributed by atoms with E-state index in [0.29, 0.717) is 17.7 Å². The van der Waals surface area contributed by atoms with Gasteiger partial charge in [0.05, 0.1) is 0 Å². The molecule has 1 amide bonds. The zero-order chi connectivity index (χ0) is 11.5. The van der Waals surface area contributed by atoms with Crippen molar-refractivity contribution in [2.75, 3.05) is 13.1 Å². The van der Waals surface area contributed by atoms with Crippen molar-refractivity contribution in [2.45, 2.75) is 51.5 Å². The fraction of sp³-hybridized carbons (Fsp3) is 0.923. The summed E-state index contributed by atoms with van der Waals surface area (Å²) >= 11 is 0. The maximum absolute atomic E-state index is 12.3. The Morgan fingerprint density at radius 3 is 2.50 bits per heavy atom. The molecule has 1 saturated carbocycles. The Labute approximate surface area is 98.4 Å². The number of hydrogen-bond acceptors (Lipinski definition) is 2. The van der Waals surface area contributed by atoms with E-state index in [4.69, 9.17) is 5.73 Å². The van der Waals surface area contributed by atoms with Gasteiger partial charge in [0.25, 0.3) is 0 Å². The Morgan fingerprint density at radius 2 is 1.88 bits per heavy atom. The molecule has 16 heavy (non-hydrogen) atoms. The van der Waals surface area contributed by atoms with Crippen LogP contribution in [0.1, 0.15) is 45.4 Å². The van der Waals surface area contributed by atoms with Crippen molar-refractivity contribution in [3.05, 3.63) is 0 Å². The average Bonchev–Trinajstić information content (AvgIpc) is 2.28. The molecule has 2 fully saturated rings. The summed E-state index contributed by atoms with van der Waals surface area (Å²) in [5.74, 6) is 1.24. The van der Waals surface area contributed by atoms with Crippen molar-refractivity contribution in [1.29, 1.82) is 0 Å². The highest BCUT2D eigenvalue weighted by molar-refractivity contribution is 5.79. The van der Waals surface area contributed by atoms with Crippen molar-refractivity contribution in [1.82, 2.24) is 4.90 Å². The van der Waals surface area contributed by atoms with Gasteiger partial charge < -0.3 is 10.6 Å². The van der Waals surface area contributed by atoms with E-state index in [1.54, 1.807) is 0 Å². The Hall–Kier alpha value is -0.570. The Balaban J connectivity index is 1.92. The summed E-state index contributed by atoms with van der Waals surface area (Å²) in [6, 6.07) is 0.191. The topological polar surface area (TPSA) is 46.3 Å². The van der Waals surface area contributed by atoms with Crippen LogP contribution < -0.4 is 5.73 Å². The molecule has 1 saturated heterocycles. The highest BCUT2D eigenvalue weighted by Gasteiger charge is 2.30. The first kappa shape index (κ1) is 11.9. The normalized spacial score (nSPS) is 32.8. The van der Waals surface area contributed by atoms with E-state index in [1.165, 1.54) is 19.3 Å². The molecule has 0 aromatic rings. The molecule has 2 atom stereocenters. The first-order chi connectivity index (χ1) is 7.66. The molecule has 0 radical (unpaired) electrons. The third kappa shape index (κ3) is 2.76. The van der Waals surface area contributed by atoms with Crippen molar-refractivity contribution in [3.63, 3.8) is 0 Å². The lowest BCUT2D eigenvalue weighted by Crippen LogP contribution is -2.50. The number of amides is 1. The zero-order valence-electron chi connectivity index (χ0n) is 10.3. The SMILES string of the molecule is CC1CC(N)CN(C(=O)C2CCCCC2)C1. The molecule has 3 heteroatoms. The third-order valence-electron chi connectivity index (χ3n) is 3.96. The highest BCUT2D eigenvalue weighted by Crippen LogP contribution is 2.27. The molecule has 0 spiro atoms. The van der Waals surface area contributed by atoms with Gasteiger partial charge in [-0.3, -0.25) is 4.79 Å². The number of carbonyl (C=O) groups excluding carboxylic acids is 1. The van der Waals surface area contributed by atoms with Gasteiger partial charge >= 0.3 is 0 Å². The minimum Gasteiger partial charge on any atom is -0.341 e. The van der Waals surface area contributed by atoms with Crippen molar-refractivity contribution in [2.24, 2.45) is 17.6 Å². The first-order valence-corrected chi connectivity index (χ1v) is 6.71. The highest BCUT2D eigenvalue weighted by atomic mass is 16.2. The van der Waals surface area contributed by atoms with Crippen molar-refractivity contribution in [3.8, 4) is 0 Å². The van der Waals surface area contributed by atoms with Gasteiger partial charge in [0.15, 0.2) is 0 Å². The van der Waals surface area contributed by atoms with E-state index in [1.807, 2.05) is 4.90 Å². The van der Waals surface area contributed by atoms with Gasteiger partial charge in [-0.25, -0.2) is 0 Å². The molecule has 2 N–H and O–H groups in total. The largest absolute Gasteiger partial charge is 0.341 e. The molecule has 0 aromatic heterocycles. The zero-order valence-corrected chi connectivity index (χ0v) is 10.3. The molecule has 2 aliphatic rings. The van der Waals surface area contributed by atoms with E-state index in [9.17, 15) is 4.79 Å². The molecule has 92 valence electrons. The van der Waals surface area contributed by atoms with Crippen LogP contribution in [0.2, 0.25) is 0 Å². The summed E-state index contributed by atoms with van der Waals surface area (Å²) in [7, 11) is 0. The maximum Gasteiger partial charge on any atom is 0.225 e. The van der Waals surface area contributed by atoms with Crippen LogP contribution in [0.15, 0.2) is 0 Å². The molecule has 1 heterocycles. The molecule has 2 rings (SSSR count). The van der Waals surface area contributed by atoms with Crippen LogP contribution in [-0.4, -0.2) is 29.9 Å². The average molecular weight is 224 g/mol. The van der Waals surface area contributed by atoms with Gasteiger partial charge in [-0.15, -0.1) is 0 Å². The lowest BCUT2D eigenvalue weighted by Gasteiger charge is -2.37. The summed E-state index contributed by atoms with van der Waals surface area (Å²) < 4.78 is 0. The molecule has 3 nitrogen and oxygen atoms in total. The minimum absolute atomic E-state index is 0.191. The number of nitrogens with two attached hydrogens (primary N) is 1. The number of carbonyl (C=O) groups is 1. The van der Waals surface area contributed by atoms with E-state index in [2.05, 4.69) is 6.92 Å². The van der Waals surface area contributed by atoms with Crippen LogP contribution in [0.3, 0.4) is 0 Å². The Bertz CT molecular complexity index is 238. The Kier molecular flexibility index (Phi) is 3.85. The molecule has 2 unspecified atom stereocenters. The second-order valence-corrected chi connectivity index (χ2v) is 5.68. The second-order valence-electron chi connectivity index (χ2n) is 5.68. The number of rotatable bonds is 1. The van der Waals surface area contributed by atoms with E-state index in [0.717, 1.165) is 32.4 Å².